The van der Waals surface area contributed by atoms with E-state index >= 15 is 0 Å². The minimum absolute atomic E-state index is 0.0902. The van der Waals surface area contributed by atoms with Gasteiger partial charge in [-0.1, -0.05) is 24.9 Å². The zero-order chi connectivity index (χ0) is 11.4. The van der Waals surface area contributed by atoms with E-state index < -0.39 is 0 Å². The molecule has 0 aromatic carbocycles. The van der Waals surface area contributed by atoms with E-state index in [9.17, 15) is 0 Å². The largest absolute Gasteiger partial charge is 0.338 e. The number of nitrogens with zero attached hydrogens (tertiary/aromatic N) is 2. The lowest BCUT2D eigenvalue weighted by Crippen LogP contribution is -2.10. The maximum atomic E-state index is 5.99. The van der Waals surface area contributed by atoms with Crippen LogP contribution in [-0.4, -0.2) is 15.9 Å². The molecule has 1 aromatic heterocycles. The summed E-state index contributed by atoms with van der Waals surface area (Å²) >= 11 is 1.91. The first-order valence-electron chi connectivity index (χ1n) is 6.02. The Bertz CT molecular complexity index is 323. The summed E-state index contributed by atoms with van der Waals surface area (Å²) in [6, 6.07) is -0.0902. The average molecular weight is 241 g/mol. The molecule has 2 heterocycles. The fraction of sp³-hybridized carbons (Fsp3) is 0.818. The highest BCUT2D eigenvalue weighted by atomic mass is 32.2. The van der Waals surface area contributed by atoms with E-state index in [0.717, 1.165) is 31.5 Å². The Morgan fingerprint density at radius 2 is 2.50 bits per heavy atom. The number of aromatic nitrogens is 2. The lowest BCUT2D eigenvalue weighted by Gasteiger charge is -2.04. The topological polar surface area (TPSA) is 64.9 Å². The van der Waals surface area contributed by atoms with E-state index in [1.807, 2.05) is 11.8 Å². The van der Waals surface area contributed by atoms with Crippen LogP contribution in [0.25, 0.3) is 0 Å². The Hall–Kier alpha value is -0.550. The second-order valence-electron chi connectivity index (χ2n) is 4.24. The molecule has 1 aliphatic heterocycles. The normalized spacial score (nSPS) is 22.5. The summed E-state index contributed by atoms with van der Waals surface area (Å²) in [5.41, 5.74) is 5.99. The predicted octanol–water partition coefficient (Wildman–Crippen LogP) is 2.83. The van der Waals surface area contributed by atoms with Crippen LogP contribution in [0.4, 0.5) is 0 Å². The zero-order valence-electron chi connectivity index (χ0n) is 9.69. The quantitative estimate of drug-likeness (QED) is 0.858. The Morgan fingerprint density at radius 3 is 3.19 bits per heavy atom. The molecule has 1 aliphatic rings. The van der Waals surface area contributed by atoms with Gasteiger partial charge in [0.15, 0.2) is 5.82 Å². The molecule has 0 spiro atoms. The zero-order valence-corrected chi connectivity index (χ0v) is 10.5. The van der Waals surface area contributed by atoms with Crippen molar-refractivity contribution in [3.8, 4) is 0 Å². The van der Waals surface area contributed by atoms with E-state index in [1.165, 1.54) is 12.2 Å². The third-order valence-corrected chi connectivity index (χ3v) is 4.23. The molecule has 4 nitrogen and oxygen atoms in total. The highest BCUT2D eigenvalue weighted by molar-refractivity contribution is 7.99. The van der Waals surface area contributed by atoms with Crippen LogP contribution >= 0.6 is 11.8 Å². The summed E-state index contributed by atoms with van der Waals surface area (Å²) < 4.78 is 5.24. The van der Waals surface area contributed by atoms with Crippen LogP contribution in [0.3, 0.4) is 0 Å². The van der Waals surface area contributed by atoms with Gasteiger partial charge in [-0.05, 0) is 25.0 Å². The van der Waals surface area contributed by atoms with Gasteiger partial charge in [-0.15, -0.1) is 0 Å². The molecule has 2 atom stereocenters. The van der Waals surface area contributed by atoms with Crippen molar-refractivity contribution >= 4 is 11.8 Å². The molecule has 0 aliphatic carbocycles. The SMILES string of the molecule is CCCCC(N)c1nc(C2CCCS2)no1. The van der Waals surface area contributed by atoms with Crippen molar-refractivity contribution in [3.63, 3.8) is 0 Å². The van der Waals surface area contributed by atoms with Crippen molar-refractivity contribution in [1.29, 1.82) is 0 Å². The predicted molar refractivity (Wildman–Crippen MR) is 65.2 cm³/mol. The van der Waals surface area contributed by atoms with E-state index in [1.54, 1.807) is 0 Å². The van der Waals surface area contributed by atoms with Gasteiger partial charge in [0.2, 0.25) is 5.89 Å². The van der Waals surface area contributed by atoms with Crippen LogP contribution in [-0.2, 0) is 0 Å². The van der Waals surface area contributed by atoms with E-state index in [0.29, 0.717) is 11.1 Å². The van der Waals surface area contributed by atoms with Gasteiger partial charge in [0.25, 0.3) is 0 Å². The number of hydrogen-bond donors (Lipinski definition) is 1. The van der Waals surface area contributed by atoms with Crippen LogP contribution < -0.4 is 5.73 Å². The minimum Gasteiger partial charge on any atom is -0.338 e. The fourth-order valence-electron chi connectivity index (χ4n) is 1.86. The fourth-order valence-corrected chi connectivity index (χ4v) is 3.05. The summed E-state index contributed by atoms with van der Waals surface area (Å²) in [5, 5.41) is 4.47. The average Bonchev–Trinajstić information content (AvgIpc) is 2.94. The van der Waals surface area contributed by atoms with E-state index in [-0.39, 0.29) is 6.04 Å². The van der Waals surface area contributed by atoms with Crippen molar-refractivity contribution in [2.45, 2.75) is 50.3 Å². The molecule has 2 rings (SSSR count). The van der Waals surface area contributed by atoms with Gasteiger partial charge in [-0.2, -0.15) is 16.7 Å². The maximum absolute atomic E-state index is 5.99. The van der Waals surface area contributed by atoms with Gasteiger partial charge in [-0.3, -0.25) is 0 Å². The van der Waals surface area contributed by atoms with Crippen molar-refractivity contribution in [2.24, 2.45) is 5.73 Å². The molecule has 0 bridgehead atoms. The Morgan fingerprint density at radius 1 is 1.62 bits per heavy atom. The Kier molecular flexibility index (Phi) is 4.23. The van der Waals surface area contributed by atoms with Gasteiger partial charge in [0, 0.05) is 0 Å². The molecule has 1 aromatic rings. The highest BCUT2D eigenvalue weighted by Crippen LogP contribution is 2.38. The van der Waals surface area contributed by atoms with Crippen LogP contribution in [0.15, 0.2) is 4.52 Å². The van der Waals surface area contributed by atoms with Crippen molar-refractivity contribution in [2.75, 3.05) is 5.75 Å². The number of unbranched alkanes of at least 4 members (excludes halogenated alkanes) is 1. The smallest absolute Gasteiger partial charge is 0.243 e. The maximum Gasteiger partial charge on any atom is 0.243 e. The van der Waals surface area contributed by atoms with Crippen LogP contribution in [0, 0.1) is 0 Å². The first kappa shape index (κ1) is 11.9. The summed E-state index contributed by atoms with van der Waals surface area (Å²) in [6.07, 6.45) is 5.59. The van der Waals surface area contributed by atoms with Gasteiger partial charge < -0.3 is 10.3 Å². The molecule has 16 heavy (non-hydrogen) atoms. The lowest BCUT2D eigenvalue weighted by molar-refractivity contribution is 0.342. The van der Waals surface area contributed by atoms with Crippen molar-refractivity contribution in [3.05, 3.63) is 11.7 Å². The minimum atomic E-state index is -0.0902. The number of rotatable bonds is 5. The third kappa shape index (κ3) is 2.77. The van der Waals surface area contributed by atoms with Gasteiger partial charge in [-0.25, -0.2) is 0 Å². The molecule has 2 N–H and O–H groups in total. The third-order valence-electron chi connectivity index (χ3n) is 2.86. The van der Waals surface area contributed by atoms with Crippen molar-refractivity contribution in [1.82, 2.24) is 10.1 Å². The van der Waals surface area contributed by atoms with Gasteiger partial charge in [0.1, 0.15) is 0 Å². The van der Waals surface area contributed by atoms with Gasteiger partial charge >= 0.3 is 0 Å². The monoisotopic (exact) mass is 241 g/mol. The molecule has 1 fully saturated rings. The van der Waals surface area contributed by atoms with E-state index in [2.05, 4.69) is 17.1 Å². The van der Waals surface area contributed by atoms with Crippen LogP contribution in [0.1, 0.15) is 62.0 Å². The lowest BCUT2D eigenvalue weighted by atomic mass is 10.1. The summed E-state index contributed by atoms with van der Waals surface area (Å²) in [7, 11) is 0. The standard InChI is InChI=1S/C11H19N3OS/c1-2-3-5-8(12)11-13-10(14-15-11)9-6-4-7-16-9/h8-9H,2-7,12H2,1H3. The summed E-state index contributed by atoms with van der Waals surface area (Å²) in [5.74, 6) is 2.65. The van der Waals surface area contributed by atoms with Crippen LogP contribution in [0.5, 0.6) is 0 Å². The molecule has 90 valence electrons. The molecule has 2 unspecified atom stereocenters. The number of nitrogens with two attached hydrogens (primary N) is 1. The second-order valence-corrected chi connectivity index (χ2v) is 5.55. The van der Waals surface area contributed by atoms with Crippen LogP contribution in [0.2, 0.25) is 0 Å². The molecular weight excluding hydrogens is 222 g/mol. The molecule has 5 heteroatoms. The summed E-state index contributed by atoms with van der Waals surface area (Å²) in [4.78, 5) is 4.42. The molecular formula is C11H19N3OS. The molecule has 0 saturated carbocycles. The molecule has 1 saturated heterocycles. The number of hydrogen-bond acceptors (Lipinski definition) is 5. The first-order valence-corrected chi connectivity index (χ1v) is 7.06. The summed E-state index contributed by atoms with van der Waals surface area (Å²) in [6.45, 7) is 2.15. The Balaban J connectivity index is 1.95. The van der Waals surface area contributed by atoms with E-state index in [4.69, 9.17) is 10.3 Å². The molecule has 0 amide bonds. The molecule has 0 radical (unpaired) electrons. The van der Waals surface area contributed by atoms with Gasteiger partial charge in [0.05, 0.1) is 11.3 Å². The van der Waals surface area contributed by atoms with Crippen molar-refractivity contribution < 1.29 is 4.52 Å². The second kappa shape index (κ2) is 5.68. The Labute approximate surface area is 100 Å². The first-order chi connectivity index (χ1) is 7.81. The highest BCUT2D eigenvalue weighted by Gasteiger charge is 2.24. The number of thioether (sulfide) groups is 1.